The Morgan fingerprint density at radius 2 is 0.571 bits per heavy atom. The number of carbonyl (C=O) groups excluding carboxylic acids is 4. The Bertz CT molecular complexity index is 1680. The van der Waals surface area contributed by atoms with E-state index in [1.54, 1.807) is 0 Å². The van der Waals surface area contributed by atoms with Crippen LogP contribution in [-0.4, -0.2) is 96.7 Å². The highest BCUT2D eigenvalue weighted by molar-refractivity contribution is 7.47. The number of phosphoric acid groups is 2. The van der Waals surface area contributed by atoms with Crippen LogP contribution in [0.1, 0.15) is 312 Å². The molecule has 0 spiro atoms. The van der Waals surface area contributed by atoms with E-state index in [1.165, 1.54) is 109 Å². The summed E-state index contributed by atoms with van der Waals surface area (Å²) < 4.78 is 68.0. The minimum Gasteiger partial charge on any atom is -0.462 e. The zero-order valence-electron chi connectivity index (χ0n) is 54.5. The highest BCUT2D eigenvalue weighted by atomic mass is 31.2. The molecule has 3 N–H and O–H groups in total. The number of unbranched alkanes of at least 4 members (excludes halogenated alkanes) is 26. The summed E-state index contributed by atoms with van der Waals surface area (Å²) in [5, 5.41) is 10.5. The highest BCUT2D eigenvalue weighted by Crippen LogP contribution is 2.45. The molecule has 0 bridgehead atoms. The minimum absolute atomic E-state index is 0.101. The molecule has 7 atom stereocenters. The van der Waals surface area contributed by atoms with Crippen molar-refractivity contribution in [3.8, 4) is 0 Å². The number of rotatable bonds is 62. The van der Waals surface area contributed by atoms with Crippen molar-refractivity contribution in [3.63, 3.8) is 0 Å². The van der Waals surface area contributed by atoms with Crippen LogP contribution in [0.3, 0.4) is 0 Å². The SMILES string of the molecule is CCC(C)CCCCCCCCCCCCC(=O)O[C@H](COC(=O)CCCCCCCCCCC(C)C)COP(=O)(O)OCC(O)COP(=O)(O)OC[C@@H](COC(=O)CCCCCCCCC(C)C)OC(=O)CCCCCCCCC(C)CC. The number of aliphatic hydroxyl groups is 1. The lowest BCUT2D eigenvalue weighted by molar-refractivity contribution is -0.161. The maximum absolute atomic E-state index is 13.0. The average molecular weight is 1240 g/mol. The molecule has 19 heteroatoms. The van der Waals surface area contributed by atoms with Gasteiger partial charge in [0.1, 0.15) is 19.3 Å². The largest absolute Gasteiger partial charge is 0.472 e. The molecule has 5 unspecified atom stereocenters. The average Bonchev–Trinajstić information content (AvgIpc) is 3.58. The number of esters is 4. The molecule has 0 heterocycles. The summed E-state index contributed by atoms with van der Waals surface area (Å²) in [6, 6.07) is 0. The number of ether oxygens (including phenoxy) is 4. The van der Waals surface area contributed by atoms with Gasteiger partial charge >= 0.3 is 39.5 Å². The summed E-state index contributed by atoms with van der Waals surface area (Å²) in [5.74, 6) is 0.788. The van der Waals surface area contributed by atoms with Crippen molar-refractivity contribution in [1.29, 1.82) is 0 Å². The molecule has 0 amide bonds. The molecular formula is C65H126O17P2. The van der Waals surface area contributed by atoms with Gasteiger partial charge in [-0.1, -0.05) is 261 Å². The predicted octanol–water partition coefficient (Wildman–Crippen LogP) is 17.8. The third-order valence-corrected chi connectivity index (χ3v) is 17.4. The van der Waals surface area contributed by atoms with Gasteiger partial charge in [-0.3, -0.25) is 37.3 Å². The van der Waals surface area contributed by atoms with Crippen molar-refractivity contribution in [2.24, 2.45) is 23.7 Å². The monoisotopic (exact) mass is 1240 g/mol. The van der Waals surface area contributed by atoms with Gasteiger partial charge in [0.2, 0.25) is 0 Å². The van der Waals surface area contributed by atoms with Gasteiger partial charge in [-0.2, -0.15) is 0 Å². The van der Waals surface area contributed by atoms with Crippen LogP contribution in [0.5, 0.6) is 0 Å². The summed E-state index contributed by atoms with van der Waals surface area (Å²) in [6.07, 6.45) is 35.0. The normalized spacial score (nSPS) is 15.1. The first kappa shape index (κ1) is 82.1. The first-order valence-electron chi connectivity index (χ1n) is 33.8. The van der Waals surface area contributed by atoms with Gasteiger partial charge in [0, 0.05) is 25.7 Å². The van der Waals surface area contributed by atoms with Crippen LogP contribution in [0.25, 0.3) is 0 Å². The lowest BCUT2D eigenvalue weighted by Crippen LogP contribution is -2.30. The number of hydrogen-bond donors (Lipinski definition) is 3. The third-order valence-electron chi connectivity index (χ3n) is 15.5. The van der Waals surface area contributed by atoms with Crippen LogP contribution in [0.4, 0.5) is 0 Å². The lowest BCUT2D eigenvalue weighted by Gasteiger charge is -2.21. The van der Waals surface area contributed by atoms with Gasteiger partial charge in [0.15, 0.2) is 12.2 Å². The Labute approximate surface area is 511 Å². The summed E-state index contributed by atoms with van der Waals surface area (Å²) >= 11 is 0. The van der Waals surface area contributed by atoms with E-state index in [0.717, 1.165) is 114 Å². The number of phosphoric ester groups is 2. The van der Waals surface area contributed by atoms with Gasteiger partial charge < -0.3 is 33.8 Å². The van der Waals surface area contributed by atoms with E-state index < -0.39 is 97.5 Å². The number of carbonyl (C=O) groups is 4. The fourth-order valence-electron chi connectivity index (χ4n) is 9.54. The summed E-state index contributed by atoms with van der Waals surface area (Å²) in [7, 11) is -9.89. The van der Waals surface area contributed by atoms with Crippen molar-refractivity contribution in [1.82, 2.24) is 0 Å². The molecule has 0 aromatic heterocycles. The van der Waals surface area contributed by atoms with E-state index in [0.29, 0.717) is 31.6 Å². The van der Waals surface area contributed by atoms with Gasteiger partial charge in [0.25, 0.3) is 0 Å². The fourth-order valence-corrected chi connectivity index (χ4v) is 11.1. The van der Waals surface area contributed by atoms with E-state index in [1.807, 2.05) is 0 Å². The molecule has 498 valence electrons. The molecule has 0 saturated carbocycles. The Morgan fingerprint density at radius 3 is 0.845 bits per heavy atom. The van der Waals surface area contributed by atoms with Crippen LogP contribution in [0.2, 0.25) is 0 Å². The second kappa shape index (κ2) is 55.2. The van der Waals surface area contributed by atoms with E-state index in [4.69, 9.17) is 37.0 Å². The molecule has 0 rings (SSSR count). The van der Waals surface area contributed by atoms with Crippen molar-refractivity contribution >= 4 is 39.5 Å². The van der Waals surface area contributed by atoms with Gasteiger partial charge in [-0.05, 0) is 49.4 Å². The van der Waals surface area contributed by atoms with Crippen molar-refractivity contribution < 1.29 is 80.2 Å². The zero-order chi connectivity index (χ0) is 62.5. The molecule has 84 heavy (non-hydrogen) atoms. The summed E-state index contributed by atoms with van der Waals surface area (Å²) in [6.45, 7) is 14.0. The molecule has 0 aliphatic rings. The summed E-state index contributed by atoms with van der Waals surface area (Å²) in [4.78, 5) is 72.2. The topological polar surface area (TPSA) is 237 Å². The first-order chi connectivity index (χ1) is 40.2. The molecule has 0 aromatic rings. The molecule has 0 saturated heterocycles. The van der Waals surface area contributed by atoms with Crippen LogP contribution in [0, 0.1) is 23.7 Å². The lowest BCUT2D eigenvalue weighted by atomic mass is 9.99. The van der Waals surface area contributed by atoms with E-state index in [2.05, 4.69) is 55.4 Å². The van der Waals surface area contributed by atoms with E-state index in [-0.39, 0.29) is 25.7 Å². The Balaban J connectivity index is 5.26. The van der Waals surface area contributed by atoms with E-state index >= 15 is 0 Å². The minimum atomic E-state index is -4.95. The van der Waals surface area contributed by atoms with Crippen LogP contribution < -0.4 is 0 Å². The van der Waals surface area contributed by atoms with Crippen LogP contribution in [0.15, 0.2) is 0 Å². The Hall–Kier alpha value is -1.94. The number of aliphatic hydroxyl groups excluding tert-OH is 1. The Kier molecular flexibility index (Phi) is 53.9. The van der Waals surface area contributed by atoms with Gasteiger partial charge in [-0.15, -0.1) is 0 Å². The van der Waals surface area contributed by atoms with E-state index in [9.17, 15) is 43.2 Å². The summed E-state index contributed by atoms with van der Waals surface area (Å²) in [5.41, 5.74) is 0. The molecule has 17 nitrogen and oxygen atoms in total. The van der Waals surface area contributed by atoms with Gasteiger partial charge in [0.05, 0.1) is 26.4 Å². The van der Waals surface area contributed by atoms with Crippen LogP contribution >= 0.6 is 15.6 Å². The van der Waals surface area contributed by atoms with Crippen molar-refractivity contribution in [2.45, 2.75) is 331 Å². The number of hydrogen-bond acceptors (Lipinski definition) is 15. The molecular weight excluding hydrogens is 1110 g/mol. The Morgan fingerprint density at radius 1 is 0.333 bits per heavy atom. The second-order valence-electron chi connectivity index (χ2n) is 24.9. The standard InChI is InChI=1S/C65H126O17P2/c1-9-57(7)43-35-27-18-13-11-12-14-20-31-39-47-64(69)81-60(51-75-62(67)45-37-29-19-16-15-17-25-33-41-55(3)4)53-79-83(71,72)77-49-59(66)50-78-84(73,74)80-54-61(52-76-63(68)46-38-30-23-21-26-34-42-56(5)6)82-65(70)48-40-32-24-22-28-36-44-58(8)10-2/h55-61,66H,9-54H2,1-8H3,(H,71,72)(H,73,74)/t57?,58?,59?,60-,61-/m1/s1. The first-order valence-corrected chi connectivity index (χ1v) is 36.8. The van der Waals surface area contributed by atoms with Crippen molar-refractivity contribution in [3.05, 3.63) is 0 Å². The zero-order valence-corrected chi connectivity index (χ0v) is 56.3. The predicted molar refractivity (Wildman–Crippen MR) is 335 cm³/mol. The molecule has 0 fully saturated rings. The van der Waals surface area contributed by atoms with Crippen LogP contribution in [-0.2, 0) is 65.4 Å². The molecule has 0 radical (unpaired) electrons. The maximum Gasteiger partial charge on any atom is 0.472 e. The molecule has 0 aliphatic heterocycles. The maximum atomic E-state index is 13.0. The van der Waals surface area contributed by atoms with Gasteiger partial charge in [-0.25, -0.2) is 9.13 Å². The molecule has 0 aliphatic carbocycles. The smallest absolute Gasteiger partial charge is 0.462 e. The third kappa shape index (κ3) is 56.6. The molecule has 0 aromatic carbocycles. The highest BCUT2D eigenvalue weighted by Gasteiger charge is 2.30. The fraction of sp³-hybridized carbons (Fsp3) is 0.938. The quantitative estimate of drug-likeness (QED) is 0.0222. The second-order valence-corrected chi connectivity index (χ2v) is 27.8. The van der Waals surface area contributed by atoms with Crippen molar-refractivity contribution in [2.75, 3.05) is 39.6 Å².